The molecule has 0 saturated heterocycles. The molecule has 3 heterocycles. The Labute approximate surface area is 119 Å². The van der Waals surface area contributed by atoms with Gasteiger partial charge in [-0.15, -0.1) is 10.2 Å². The molecule has 104 valence electrons. The summed E-state index contributed by atoms with van der Waals surface area (Å²) in [6, 6.07) is -0.0432. The van der Waals surface area contributed by atoms with Crippen LogP contribution in [0.5, 0.6) is 0 Å². The Hall–Kier alpha value is -1.83. The number of amides is 1. The fraction of sp³-hybridized carbons (Fsp3) is 0.583. The molecule has 1 unspecified atom stereocenters. The van der Waals surface area contributed by atoms with Crippen LogP contribution in [-0.4, -0.2) is 42.0 Å². The van der Waals surface area contributed by atoms with Crippen LogP contribution in [0.4, 0.5) is 0 Å². The molecule has 1 aliphatic heterocycles. The lowest BCUT2D eigenvalue weighted by atomic mass is 10.2. The fourth-order valence-corrected chi connectivity index (χ4v) is 3.27. The number of carbonyl (C=O) groups is 1. The summed E-state index contributed by atoms with van der Waals surface area (Å²) in [5.74, 6) is 3.09. The highest BCUT2D eigenvalue weighted by atomic mass is 32.1. The van der Waals surface area contributed by atoms with Gasteiger partial charge in [0, 0.05) is 19.0 Å². The van der Waals surface area contributed by atoms with Gasteiger partial charge in [0.1, 0.15) is 5.82 Å². The van der Waals surface area contributed by atoms with E-state index in [1.165, 1.54) is 24.4 Å². The van der Waals surface area contributed by atoms with E-state index >= 15 is 0 Å². The first-order valence-electron chi connectivity index (χ1n) is 6.76. The van der Waals surface area contributed by atoms with Crippen molar-refractivity contribution in [2.75, 3.05) is 6.54 Å². The molecule has 1 saturated carbocycles. The van der Waals surface area contributed by atoms with Gasteiger partial charge >= 0.3 is 0 Å². The summed E-state index contributed by atoms with van der Waals surface area (Å²) in [5, 5.41) is 9.32. The lowest BCUT2D eigenvalue weighted by Crippen LogP contribution is -2.36. The first-order valence-corrected chi connectivity index (χ1v) is 7.53. The molecule has 8 heteroatoms. The van der Waals surface area contributed by atoms with Gasteiger partial charge in [-0.1, -0.05) is 0 Å². The van der Waals surface area contributed by atoms with Crippen LogP contribution in [-0.2, 0) is 11.3 Å². The monoisotopic (exact) mass is 290 g/mol. The summed E-state index contributed by atoms with van der Waals surface area (Å²) in [4.78, 5) is 17.3. The van der Waals surface area contributed by atoms with Crippen molar-refractivity contribution in [3.63, 3.8) is 0 Å². The predicted molar refractivity (Wildman–Crippen MR) is 72.1 cm³/mol. The van der Waals surface area contributed by atoms with Crippen LogP contribution < -0.4 is 0 Å². The molecular formula is C12H14N6OS. The molecule has 20 heavy (non-hydrogen) atoms. The topological polar surface area (TPSA) is 76.8 Å². The highest BCUT2D eigenvalue weighted by molar-refractivity contribution is 7.09. The molecule has 2 aromatic heterocycles. The van der Waals surface area contributed by atoms with Gasteiger partial charge in [-0.3, -0.25) is 4.79 Å². The van der Waals surface area contributed by atoms with Crippen molar-refractivity contribution in [1.82, 2.24) is 29.0 Å². The second kappa shape index (κ2) is 4.34. The largest absolute Gasteiger partial charge is 0.333 e. The molecule has 7 nitrogen and oxygen atoms in total. The second-order valence-corrected chi connectivity index (χ2v) is 6.04. The summed E-state index contributed by atoms with van der Waals surface area (Å²) >= 11 is 1.39. The standard InChI is InChI=1S/C12H14N6OS/c1-7-10-14-15-11(18(10)5-4-17(7)6-19)12-13-9(16-20-12)8-2-3-8/h6-8H,2-5H2,1H3. The van der Waals surface area contributed by atoms with Crippen LogP contribution in [0.2, 0.25) is 0 Å². The molecule has 0 N–H and O–H groups in total. The zero-order valence-corrected chi connectivity index (χ0v) is 11.9. The first kappa shape index (κ1) is 12.0. The van der Waals surface area contributed by atoms with Gasteiger partial charge in [-0.2, -0.15) is 4.37 Å². The van der Waals surface area contributed by atoms with E-state index in [-0.39, 0.29) is 6.04 Å². The van der Waals surface area contributed by atoms with Crippen LogP contribution in [0.3, 0.4) is 0 Å². The minimum Gasteiger partial charge on any atom is -0.333 e. The second-order valence-electron chi connectivity index (χ2n) is 5.28. The molecule has 0 aromatic carbocycles. The summed E-state index contributed by atoms with van der Waals surface area (Å²) in [6.07, 6.45) is 3.26. The van der Waals surface area contributed by atoms with Crippen LogP contribution in [0.25, 0.3) is 10.8 Å². The number of aromatic nitrogens is 5. The van der Waals surface area contributed by atoms with Crippen molar-refractivity contribution < 1.29 is 4.79 Å². The SMILES string of the molecule is CC1c2nnc(-c3nc(C4CC4)ns3)n2CCN1C=O. The molecule has 1 aliphatic carbocycles. The number of hydrogen-bond acceptors (Lipinski definition) is 6. The zero-order valence-electron chi connectivity index (χ0n) is 11.1. The van der Waals surface area contributed by atoms with Crippen molar-refractivity contribution >= 4 is 17.9 Å². The molecule has 1 atom stereocenters. The molecule has 0 radical (unpaired) electrons. The van der Waals surface area contributed by atoms with Crippen LogP contribution in [0.15, 0.2) is 0 Å². The van der Waals surface area contributed by atoms with Crippen molar-refractivity contribution in [3.05, 3.63) is 11.6 Å². The number of fused-ring (bicyclic) bond motifs is 1. The van der Waals surface area contributed by atoms with Gasteiger partial charge in [-0.25, -0.2) is 4.98 Å². The highest BCUT2D eigenvalue weighted by Gasteiger charge is 2.31. The normalized spacial score (nSPS) is 21.9. The summed E-state index contributed by atoms with van der Waals surface area (Å²) in [7, 11) is 0. The van der Waals surface area contributed by atoms with Crippen LogP contribution >= 0.6 is 11.5 Å². The minimum atomic E-state index is -0.0432. The Kier molecular flexibility index (Phi) is 2.59. The number of rotatable bonds is 3. The van der Waals surface area contributed by atoms with Crippen molar-refractivity contribution in [3.8, 4) is 10.8 Å². The predicted octanol–water partition coefficient (Wildman–Crippen LogP) is 1.21. The Morgan fingerprint density at radius 1 is 1.30 bits per heavy atom. The van der Waals surface area contributed by atoms with Gasteiger partial charge in [0.2, 0.25) is 6.41 Å². The molecule has 4 rings (SSSR count). The fourth-order valence-electron chi connectivity index (χ4n) is 2.54. The number of hydrogen-bond donors (Lipinski definition) is 0. The van der Waals surface area contributed by atoms with E-state index in [9.17, 15) is 4.79 Å². The van der Waals surface area contributed by atoms with Crippen LogP contribution in [0, 0.1) is 0 Å². The highest BCUT2D eigenvalue weighted by Crippen LogP contribution is 2.40. The van der Waals surface area contributed by atoms with E-state index in [2.05, 4.69) is 24.1 Å². The lowest BCUT2D eigenvalue weighted by molar-refractivity contribution is -0.121. The average molecular weight is 290 g/mol. The van der Waals surface area contributed by atoms with E-state index in [0.717, 1.165) is 28.9 Å². The lowest BCUT2D eigenvalue weighted by Gasteiger charge is -2.30. The molecule has 1 amide bonds. The van der Waals surface area contributed by atoms with Gasteiger partial charge in [0.25, 0.3) is 0 Å². The van der Waals surface area contributed by atoms with Gasteiger partial charge in [0.15, 0.2) is 16.7 Å². The van der Waals surface area contributed by atoms with E-state index in [1.807, 2.05) is 6.92 Å². The molecule has 2 aliphatic rings. The first-order chi connectivity index (χ1) is 9.78. The third-order valence-corrected chi connectivity index (χ3v) is 4.67. The van der Waals surface area contributed by atoms with Gasteiger partial charge in [0.05, 0.1) is 6.04 Å². The van der Waals surface area contributed by atoms with Crippen molar-refractivity contribution in [2.24, 2.45) is 0 Å². The maximum absolute atomic E-state index is 11.0. The third-order valence-electron chi connectivity index (χ3n) is 3.94. The molecule has 0 spiro atoms. The maximum atomic E-state index is 11.0. The summed E-state index contributed by atoms with van der Waals surface area (Å²) in [6.45, 7) is 3.35. The maximum Gasteiger partial charge on any atom is 0.210 e. The van der Waals surface area contributed by atoms with E-state index in [0.29, 0.717) is 19.0 Å². The van der Waals surface area contributed by atoms with E-state index < -0.39 is 0 Å². The summed E-state index contributed by atoms with van der Waals surface area (Å²) < 4.78 is 6.47. The quantitative estimate of drug-likeness (QED) is 0.794. The van der Waals surface area contributed by atoms with Gasteiger partial charge < -0.3 is 9.47 Å². The van der Waals surface area contributed by atoms with E-state index in [1.54, 1.807) is 4.90 Å². The van der Waals surface area contributed by atoms with Crippen molar-refractivity contribution in [2.45, 2.75) is 38.3 Å². The summed E-state index contributed by atoms with van der Waals surface area (Å²) in [5.41, 5.74) is 0. The van der Waals surface area contributed by atoms with Crippen LogP contribution in [0.1, 0.15) is 43.4 Å². The third kappa shape index (κ3) is 1.75. The molecule has 0 bridgehead atoms. The Morgan fingerprint density at radius 3 is 2.90 bits per heavy atom. The Morgan fingerprint density at radius 2 is 2.15 bits per heavy atom. The smallest absolute Gasteiger partial charge is 0.210 e. The van der Waals surface area contributed by atoms with Crippen molar-refractivity contribution in [1.29, 1.82) is 0 Å². The zero-order chi connectivity index (χ0) is 13.7. The average Bonchev–Trinajstić information content (AvgIpc) is 3.03. The van der Waals surface area contributed by atoms with E-state index in [4.69, 9.17) is 0 Å². The minimum absolute atomic E-state index is 0.0432. The Balaban J connectivity index is 1.71. The Bertz CT molecular complexity index is 661. The molecule has 1 fully saturated rings. The molecular weight excluding hydrogens is 276 g/mol. The molecule has 2 aromatic rings. The number of nitrogens with zero attached hydrogens (tertiary/aromatic N) is 6. The number of carbonyl (C=O) groups excluding carboxylic acids is 1. The van der Waals surface area contributed by atoms with Gasteiger partial charge in [-0.05, 0) is 31.3 Å².